The van der Waals surface area contributed by atoms with Crippen molar-refractivity contribution in [2.75, 3.05) is 12.4 Å². The van der Waals surface area contributed by atoms with Crippen LogP contribution < -0.4 is 15.4 Å². The van der Waals surface area contributed by atoms with Crippen molar-refractivity contribution in [2.24, 2.45) is 0 Å². The molecular weight excluding hydrogens is 464 g/mol. The van der Waals surface area contributed by atoms with Crippen molar-refractivity contribution in [2.45, 2.75) is 25.3 Å². The van der Waals surface area contributed by atoms with Crippen molar-refractivity contribution in [3.05, 3.63) is 82.2 Å². The fraction of sp³-hybridized carbons (Fsp3) is 0.192. The van der Waals surface area contributed by atoms with E-state index in [0.29, 0.717) is 28.4 Å². The number of amides is 2. The van der Waals surface area contributed by atoms with Crippen molar-refractivity contribution < 1.29 is 19.4 Å². The van der Waals surface area contributed by atoms with E-state index in [1.807, 2.05) is 41.8 Å². The van der Waals surface area contributed by atoms with E-state index in [1.165, 1.54) is 22.1 Å². The second kappa shape index (κ2) is 9.63. The fourth-order valence-corrected chi connectivity index (χ4v) is 4.39. The Balaban J connectivity index is 1.37. The van der Waals surface area contributed by atoms with Gasteiger partial charge in [-0.25, -0.2) is 4.79 Å². The van der Waals surface area contributed by atoms with Gasteiger partial charge in [-0.1, -0.05) is 18.2 Å². The fourth-order valence-electron chi connectivity index (χ4n) is 3.78. The molecule has 0 spiro atoms. The largest absolute Gasteiger partial charge is 0.507 e. The Morgan fingerprint density at radius 2 is 1.94 bits per heavy atom. The second-order valence-corrected chi connectivity index (χ2v) is 9.26. The molecule has 4 aromatic rings. The minimum atomic E-state index is -0.337. The number of rotatable bonds is 7. The van der Waals surface area contributed by atoms with Gasteiger partial charge in [-0.2, -0.15) is 9.78 Å². The second-order valence-electron chi connectivity index (χ2n) is 8.31. The van der Waals surface area contributed by atoms with Crippen LogP contribution in [0.25, 0.3) is 11.3 Å². The number of hydrogen-bond donors (Lipinski definition) is 3. The van der Waals surface area contributed by atoms with Gasteiger partial charge in [0.15, 0.2) is 0 Å². The van der Waals surface area contributed by atoms with Crippen LogP contribution in [-0.2, 0) is 6.54 Å². The standard InChI is InChI=1S/C26H24N4O4S/c1-34-19-9-4-16(5-10-19)15-27-26(33)30-22(17-6-7-17)14-21(29-30)20-13-18(8-11-23(20)31)28-25(32)24-3-2-12-35-24/h2-5,8-14,17,31H,6-7,15H2,1H3,(H,27,33)(H,28,32). The van der Waals surface area contributed by atoms with Crippen molar-refractivity contribution >= 4 is 29.0 Å². The van der Waals surface area contributed by atoms with Gasteiger partial charge in [-0.05, 0) is 66.2 Å². The quantitative estimate of drug-likeness (QED) is 0.310. The van der Waals surface area contributed by atoms with E-state index in [-0.39, 0.29) is 23.6 Å². The summed E-state index contributed by atoms with van der Waals surface area (Å²) >= 11 is 1.35. The van der Waals surface area contributed by atoms with Crippen molar-refractivity contribution in [1.29, 1.82) is 0 Å². The van der Waals surface area contributed by atoms with Gasteiger partial charge in [0.2, 0.25) is 0 Å². The van der Waals surface area contributed by atoms with E-state index in [2.05, 4.69) is 15.7 Å². The molecule has 3 N–H and O–H groups in total. The minimum absolute atomic E-state index is 0.0183. The van der Waals surface area contributed by atoms with E-state index in [0.717, 1.165) is 29.8 Å². The van der Waals surface area contributed by atoms with E-state index < -0.39 is 0 Å². The first kappa shape index (κ1) is 22.7. The Bertz CT molecular complexity index is 1360. The SMILES string of the molecule is COc1ccc(CNC(=O)n2nc(-c3cc(NC(=O)c4cccs4)ccc3O)cc2C2CC2)cc1. The Labute approximate surface area is 206 Å². The summed E-state index contributed by atoms with van der Waals surface area (Å²) in [5.41, 5.74) is 3.18. The molecule has 8 nitrogen and oxygen atoms in total. The van der Waals surface area contributed by atoms with E-state index >= 15 is 0 Å². The Kier molecular flexibility index (Phi) is 6.24. The van der Waals surface area contributed by atoms with Crippen LogP contribution in [0.1, 0.15) is 39.7 Å². The molecule has 0 atom stereocenters. The molecule has 1 fully saturated rings. The summed E-state index contributed by atoms with van der Waals surface area (Å²) in [5, 5.41) is 22.6. The molecule has 1 aliphatic carbocycles. The molecule has 1 saturated carbocycles. The number of nitrogens with zero attached hydrogens (tertiary/aromatic N) is 2. The maximum atomic E-state index is 13.0. The number of anilines is 1. The summed E-state index contributed by atoms with van der Waals surface area (Å²) in [6, 6.07) is 17.3. The highest BCUT2D eigenvalue weighted by Crippen LogP contribution is 2.42. The van der Waals surface area contributed by atoms with Crippen molar-refractivity contribution in [1.82, 2.24) is 15.1 Å². The Morgan fingerprint density at radius 1 is 1.14 bits per heavy atom. The lowest BCUT2D eigenvalue weighted by Crippen LogP contribution is -2.30. The third-order valence-corrected chi connectivity index (χ3v) is 6.67. The molecule has 1 aliphatic rings. The zero-order valence-corrected chi connectivity index (χ0v) is 19.8. The number of phenolic OH excluding ortho intramolecular Hbond substituents is 1. The molecule has 2 heterocycles. The summed E-state index contributed by atoms with van der Waals surface area (Å²) in [5.74, 6) is 0.803. The molecule has 9 heteroatoms. The minimum Gasteiger partial charge on any atom is -0.507 e. The molecule has 2 aromatic heterocycles. The average Bonchev–Trinajstić information content (AvgIpc) is 3.38. The third-order valence-electron chi connectivity index (χ3n) is 5.80. The first-order chi connectivity index (χ1) is 17.0. The zero-order valence-electron chi connectivity index (χ0n) is 19.0. The number of methoxy groups -OCH3 is 1. The third kappa shape index (κ3) is 5.04. The lowest BCUT2D eigenvalue weighted by molar-refractivity contribution is 0.103. The molecule has 0 saturated heterocycles. The zero-order chi connectivity index (χ0) is 24.4. The first-order valence-corrected chi connectivity index (χ1v) is 12.1. The molecule has 2 aromatic carbocycles. The summed E-state index contributed by atoms with van der Waals surface area (Å²) < 4.78 is 6.55. The maximum absolute atomic E-state index is 13.0. The summed E-state index contributed by atoms with van der Waals surface area (Å²) in [6.07, 6.45) is 1.97. The van der Waals surface area contributed by atoms with Gasteiger partial charge in [0.1, 0.15) is 11.5 Å². The van der Waals surface area contributed by atoms with Gasteiger partial charge in [0, 0.05) is 23.7 Å². The van der Waals surface area contributed by atoms with Gasteiger partial charge in [0.05, 0.1) is 23.4 Å². The highest BCUT2D eigenvalue weighted by atomic mass is 32.1. The molecule has 2 amide bonds. The van der Waals surface area contributed by atoms with Crippen LogP contribution in [0.4, 0.5) is 10.5 Å². The number of aromatic nitrogens is 2. The molecule has 0 radical (unpaired) electrons. The number of thiophene rings is 1. The van der Waals surface area contributed by atoms with E-state index in [9.17, 15) is 14.7 Å². The predicted molar refractivity (Wildman–Crippen MR) is 134 cm³/mol. The number of carbonyl (C=O) groups is 2. The van der Waals surface area contributed by atoms with Crippen LogP contribution in [0.2, 0.25) is 0 Å². The monoisotopic (exact) mass is 488 g/mol. The van der Waals surface area contributed by atoms with Gasteiger partial charge >= 0.3 is 6.03 Å². The number of aromatic hydroxyl groups is 1. The summed E-state index contributed by atoms with van der Waals surface area (Å²) in [4.78, 5) is 26.0. The van der Waals surface area contributed by atoms with Gasteiger partial charge < -0.3 is 20.5 Å². The molecule has 178 valence electrons. The van der Waals surface area contributed by atoms with Crippen LogP contribution in [0.15, 0.2) is 66.0 Å². The molecule has 0 bridgehead atoms. The van der Waals surface area contributed by atoms with E-state index in [1.54, 1.807) is 25.3 Å². The maximum Gasteiger partial charge on any atom is 0.342 e. The number of benzene rings is 2. The van der Waals surface area contributed by atoms with E-state index in [4.69, 9.17) is 4.74 Å². The first-order valence-electron chi connectivity index (χ1n) is 11.2. The van der Waals surface area contributed by atoms with Crippen molar-refractivity contribution in [3.8, 4) is 22.8 Å². The molecule has 35 heavy (non-hydrogen) atoms. The molecular formula is C26H24N4O4S. The van der Waals surface area contributed by atoms with Gasteiger partial charge in [-0.15, -0.1) is 11.3 Å². The summed E-state index contributed by atoms with van der Waals surface area (Å²) in [6.45, 7) is 0.345. The highest BCUT2D eigenvalue weighted by Gasteiger charge is 2.30. The Hall–Kier alpha value is -4.11. The molecule has 0 unspecified atom stereocenters. The van der Waals surface area contributed by atoms with Crippen LogP contribution in [0.5, 0.6) is 11.5 Å². The number of carbonyl (C=O) groups excluding carboxylic acids is 2. The summed E-state index contributed by atoms with van der Waals surface area (Å²) in [7, 11) is 1.61. The topological polar surface area (TPSA) is 105 Å². The number of ether oxygens (including phenoxy) is 1. The average molecular weight is 489 g/mol. The van der Waals surface area contributed by atoms with Gasteiger partial charge in [-0.3, -0.25) is 4.79 Å². The lowest BCUT2D eigenvalue weighted by Gasteiger charge is -2.09. The number of nitrogens with one attached hydrogen (secondary N) is 2. The number of hydrogen-bond acceptors (Lipinski definition) is 6. The van der Waals surface area contributed by atoms with Crippen molar-refractivity contribution in [3.63, 3.8) is 0 Å². The van der Waals surface area contributed by atoms with Crippen LogP contribution in [-0.4, -0.2) is 33.9 Å². The Morgan fingerprint density at radius 3 is 2.63 bits per heavy atom. The smallest absolute Gasteiger partial charge is 0.342 e. The molecule has 0 aliphatic heterocycles. The van der Waals surface area contributed by atoms with Gasteiger partial charge in [0.25, 0.3) is 5.91 Å². The highest BCUT2D eigenvalue weighted by molar-refractivity contribution is 7.12. The predicted octanol–water partition coefficient (Wildman–Crippen LogP) is 5.21. The molecule has 5 rings (SSSR count). The van der Waals surface area contributed by atoms with Crippen LogP contribution in [0, 0.1) is 0 Å². The number of phenols is 1. The van der Waals surface area contributed by atoms with Crippen LogP contribution >= 0.6 is 11.3 Å². The lowest BCUT2D eigenvalue weighted by atomic mass is 10.1. The van der Waals surface area contributed by atoms with Crippen LogP contribution in [0.3, 0.4) is 0 Å². The normalized spacial score (nSPS) is 12.8.